The van der Waals surface area contributed by atoms with E-state index >= 15 is 0 Å². The lowest BCUT2D eigenvalue weighted by Crippen LogP contribution is -2.46. The predicted octanol–water partition coefficient (Wildman–Crippen LogP) is 1.32. The topological polar surface area (TPSA) is 35.5 Å². The highest BCUT2D eigenvalue weighted by Crippen LogP contribution is 2.30. The lowest BCUT2D eigenvalue weighted by molar-refractivity contribution is 0.104. The summed E-state index contributed by atoms with van der Waals surface area (Å²) in [4.78, 5) is 1.48. The lowest BCUT2D eigenvalue weighted by atomic mass is 10.0. The third-order valence-electron chi connectivity index (χ3n) is 3.34. The molecule has 0 amide bonds. The number of piperazine rings is 1. The predicted molar refractivity (Wildman–Crippen MR) is 60.5 cm³/mol. The van der Waals surface area contributed by atoms with E-state index in [0.717, 1.165) is 0 Å². The fourth-order valence-electron chi connectivity index (χ4n) is 2.30. The van der Waals surface area contributed by atoms with Crippen molar-refractivity contribution >= 4 is 0 Å². The largest absolute Gasteiger partial charge is 0.394 e. The Balaban J connectivity index is 2.48. The van der Waals surface area contributed by atoms with Crippen LogP contribution in [0, 0.1) is 29.1 Å². The molecule has 1 fully saturated rings. The maximum absolute atomic E-state index is 13.7. The molecule has 1 heterocycles. The van der Waals surface area contributed by atoms with Gasteiger partial charge in [0, 0.05) is 31.7 Å². The number of nitrogens with zero attached hydrogens (tertiary/aromatic N) is 1. The fraction of sp³-hybridized carbons (Fsp3) is 0.500. The van der Waals surface area contributed by atoms with Gasteiger partial charge in [-0.15, -0.1) is 0 Å². The molecule has 0 radical (unpaired) electrons. The second-order valence-corrected chi connectivity index (χ2v) is 4.47. The number of hydrogen-bond donors (Lipinski definition) is 2. The summed E-state index contributed by atoms with van der Waals surface area (Å²) in [6.45, 7) is 0.950. The van der Waals surface area contributed by atoms with Crippen molar-refractivity contribution in [2.24, 2.45) is 0 Å². The van der Waals surface area contributed by atoms with E-state index in [9.17, 15) is 27.1 Å². The van der Waals surface area contributed by atoms with Crippen molar-refractivity contribution in [2.75, 3.05) is 32.8 Å². The molecular formula is C12H13F5N2O. The van der Waals surface area contributed by atoms with Crippen LogP contribution in [-0.4, -0.2) is 42.8 Å². The summed E-state index contributed by atoms with van der Waals surface area (Å²) in [6.07, 6.45) is 0. The molecule has 112 valence electrons. The summed E-state index contributed by atoms with van der Waals surface area (Å²) in [5.41, 5.74) is -0.981. The van der Waals surface area contributed by atoms with Crippen LogP contribution in [0.3, 0.4) is 0 Å². The zero-order valence-corrected chi connectivity index (χ0v) is 10.4. The molecule has 1 aliphatic heterocycles. The molecule has 0 aliphatic carbocycles. The minimum Gasteiger partial charge on any atom is -0.394 e. The van der Waals surface area contributed by atoms with Crippen molar-refractivity contribution in [3.8, 4) is 0 Å². The van der Waals surface area contributed by atoms with Gasteiger partial charge in [-0.2, -0.15) is 0 Å². The van der Waals surface area contributed by atoms with E-state index in [1.165, 1.54) is 4.90 Å². The monoisotopic (exact) mass is 296 g/mol. The zero-order valence-electron chi connectivity index (χ0n) is 10.4. The Labute approximate surface area is 112 Å². The molecule has 1 saturated heterocycles. The second-order valence-electron chi connectivity index (χ2n) is 4.47. The summed E-state index contributed by atoms with van der Waals surface area (Å²) in [6, 6.07) is -1.26. The van der Waals surface area contributed by atoms with Gasteiger partial charge < -0.3 is 10.4 Å². The number of aliphatic hydroxyl groups excluding tert-OH is 1. The van der Waals surface area contributed by atoms with Gasteiger partial charge in [0.05, 0.1) is 12.6 Å². The first-order valence-electron chi connectivity index (χ1n) is 6.06. The SMILES string of the molecule is OC[C@@H](c1c(F)c(F)c(F)c(F)c1F)N1CCNCC1. The lowest BCUT2D eigenvalue weighted by Gasteiger charge is -2.34. The quantitative estimate of drug-likeness (QED) is 0.502. The molecule has 20 heavy (non-hydrogen) atoms. The molecule has 2 rings (SSSR count). The van der Waals surface area contributed by atoms with E-state index in [4.69, 9.17) is 0 Å². The number of nitrogens with one attached hydrogen (secondary N) is 1. The molecule has 0 aromatic heterocycles. The maximum atomic E-state index is 13.7. The Kier molecular flexibility index (Phi) is 4.56. The van der Waals surface area contributed by atoms with Gasteiger partial charge in [0.2, 0.25) is 5.82 Å². The van der Waals surface area contributed by atoms with Crippen molar-refractivity contribution in [1.82, 2.24) is 10.2 Å². The number of benzene rings is 1. The van der Waals surface area contributed by atoms with E-state index in [2.05, 4.69) is 5.32 Å². The number of rotatable bonds is 3. The van der Waals surface area contributed by atoms with Crippen LogP contribution in [0.15, 0.2) is 0 Å². The Bertz CT molecular complexity index is 476. The Morgan fingerprint density at radius 3 is 1.80 bits per heavy atom. The summed E-state index contributed by atoms with van der Waals surface area (Å²) in [5.74, 6) is -9.96. The van der Waals surface area contributed by atoms with Crippen molar-refractivity contribution < 1.29 is 27.1 Å². The minimum absolute atomic E-state index is 0.338. The Morgan fingerprint density at radius 1 is 0.900 bits per heavy atom. The summed E-state index contributed by atoms with van der Waals surface area (Å²) < 4.78 is 66.8. The van der Waals surface area contributed by atoms with Gasteiger partial charge >= 0.3 is 0 Å². The summed E-state index contributed by atoms with van der Waals surface area (Å²) in [5, 5.41) is 12.3. The fourth-order valence-corrected chi connectivity index (χ4v) is 2.30. The standard InChI is InChI=1S/C12H13F5N2O/c13-8-7(9(14)11(16)12(17)10(8)15)6(5-20)19-3-1-18-2-4-19/h6,18,20H,1-5H2/t6-/m0/s1. The van der Waals surface area contributed by atoms with Crippen LogP contribution in [-0.2, 0) is 0 Å². The first kappa shape index (κ1) is 15.1. The van der Waals surface area contributed by atoms with E-state index in [1.807, 2.05) is 0 Å². The summed E-state index contributed by atoms with van der Waals surface area (Å²) >= 11 is 0. The third-order valence-corrected chi connectivity index (χ3v) is 3.34. The van der Waals surface area contributed by atoms with Crippen LogP contribution in [0.1, 0.15) is 11.6 Å². The average Bonchev–Trinajstić information content (AvgIpc) is 2.48. The molecule has 1 aliphatic rings. The highest BCUT2D eigenvalue weighted by Gasteiger charge is 2.33. The highest BCUT2D eigenvalue weighted by atomic mass is 19.2. The van der Waals surface area contributed by atoms with E-state index in [1.54, 1.807) is 0 Å². The van der Waals surface area contributed by atoms with Gasteiger partial charge in [-0.05, 0) is 0 Å². The van der Waals surface area contributed by atoms with Gasteiger partial charge in [-0.3, -0.25) is 4.90 Å². The molecule has 1 aromatic rings. The van der Waals surface area contributed by atoms with Crippen LogP contribution in [0.5, 0.6) is 0 Å². The van der Waals surface area contributed by atoms with Crippen LogP contribution in [0.25, 0.3) is 0 Å². The molecule has 2 N–H and O–H groups in total. The van der Waals surface area contributed by atoms with E-state index in [0.29, 0.717) is 26.2 Å². The van der Waals surface area contributed by atoms with Gasteiger partial charge in [0.25, 0.3) is 0 Å². The number of hydrogen-bond acceptors (Lipinski definition) is 3. The Morgan fingerprint density at radius 2 is 1.35 bits per heavy atom. The molecule has 1 aromatic carbocycles. The molecule has 0 unspecified atom stereocenters. The van der Waals surface area contributed by atoms with Crippen LogP contribution < -0.4 is 5.32 Å². The summed E-state index contributed by atoms with van der Waals surface area (Å²) in [7, 11) is 0. The Hall–Kier alpha value is -1.25. The average molecular weight is 296 g/mol. The molecule has 8 heteroatoms. The zero-order chi connectivity index (χ0) is 14.9. The van der Waals surface area contributed by atoms with Crippen molar-refractivity contribution in [3.05, 3.63) is 34.6 Å². The second kappa shape index (κ2) is 6.02. The smallest absolute Gasteiger partial charge is 0.200 e. The molecular weight excluding hydrogens is 283 g/mol. The minimum atomic E-state index is -2.19. The maximum Gasteiger partial charge on any atom is 0.200 e. The van der Waals surface area contributed by atoms with Crippen LogP contribution in [0.4, 0.5) is 22.0 Å². The number of aliphatic hydroxyl groups is 1. The first-order chi connectivity index (χ1) is 9.49. The van der Waals surface area contributed by atoms with E-state index < -0.39 is 47.3 Å². The molecule has 3 nitrogen and oxygen atoms in total. The van der Waals surface area contributed by atoms with Gasteiger partial charge in [-0.1, -0.05) is 0 Å². The van der Waals surface area contributed by atoms with Gasteiger partial charge in [-0.25, -0.2) is 22.0 Å². The van der Waals surface area contributed by atoms with Crippen molar-refractivity contribution in [2.45, 2.75) is 6.04 Å². The molecule has 0 spiro atoms. The van der Waals surface area contributed by atoms with E-state index in [-0.39, 0.29) is 0 Å². The third kappa shape index (κ3) is 2.50. The number of halogens is 5. The molecule has 1 atom stereocenters. The van der Waals surface area contributed by atoms with Crippen molar-refractivity contribution in [3.63, 3.8) is 0 Å². The van der Waals surface area contributed by atoms with Crippen molar-refractivity contribution in [1.29, 1.82) is 0 Å². The van der Waals surface area contributed by atoms with Crippen LogP contribution in [0.2, 0.25) is 0 Å². The van der Waals surface area contributed by atoms with Gasteiger partial charge in [0.15, 0.2) is 23.3 Å². The van der Waals surface area contributed by atoms with Gasteiger partial charge in [0.1, 0.15) is 0 Å². The molecule has 0 saturated carbocycles. The molecule has 0 bridgehead atoms. The normalized spacial score (nSPS) is 18.3. The first-order valence-corrected chi connectivity index (χ1v) is 6.06. The highest BCUT2D eigenvalue weighted by molar-refractivity contribution is 5.27. The van der Waals surface area contributed by atoms with Crippen LogP contribution >= 0.6 is 0 Å².